The number of para-hydroxylation sites is 2. The van der Waals surface area contributed by atoms with E-state index in [0.717, 1.165) is 5.56 Å². The van der Waals surface area contributed by atoms with Crippen LogP contribution in [0.4, 0.5) is 0 Å². The van der Waals surface area contributed by atoms with Gasteiger partial charge in [-0.05, 0) is 49.2 Å². The van der Waals surface area contributed by atoms with Crippen LogP contribution in [0.15, 0.2) is 42.5 Å². The molecule has 1 unspecified atom stereocenters. The fraction of sp³-hybridized carbons (Fsp3) is 0.300. The fourth-order valence-corrected chi connectivity index (χ4v) is 2.67. The third-order valence-electron chi connectivity index (χ3n) is 4.07. The van der Waals surface area contributed by atoms with Crippen LogP contribution in [0.3, 0.4) is 0 Å². The summed E-state index contributed by atoms with van der Waals surface area (Å²) in [5.74, 6) is 0.990. The number of hydrogen-bond acceptors (Lipinski definition) is 5. The number of nitrogens with one attached hydrogen (secondary N) is 2. The quantitative estimate of drug-likeness (QED) is 0.571. The lowest BCUT2D eigenvalue weighted by Gasteiger charge is -2.25. The van der Waals surface area contributed by atoms with Gasteiger partial charge in [0, 0.05) is 11.4 Å². The van der Waals surface area contributed by atoms with E-state index in [9.17, 15) is 9.59 Å². The number of carbonyl (C=O) groups is 2. The summed E-state index contributed by atoms with van der Waals surface area (Å²) < 4.78 is 16.6. The van der Waals surface area contributed by atoms with E-state index in [0.29, 0.717) is 35.3 Å². The molecular weight excluding hydrogens is 384 g/mol. The minimum absolute atomic E-state index is 0.0765. The number of hydrogen-bond donors (Lipinski definition) is 2. The molecular formula is C20H21ClN2O5. The normalized spacial score (nSPS) is 14.9. The third kappa shape index (κ3) is 5.29. The highest BCUT2D eigenvalue weighted by molar-refractivity contribution is 6.31. The lowest BCUT2D eigenvalue weighted by atomic mass is 10.2. The van der Waals surface area contributed by atoms with Gasteiger partial charge in [0.25, 0.3) is 5.91 Å². The van der Waals surface area contributed by atoms with Crippen molar-refractivity contribution in [3.05, 3.63) is 53.1 Å². The van der Waals surface area contributed by atoms with E-state index in [-0.39, 0.29) is 18.9 Å². The van der Waals surface area contributed by atoms with Crippen LogP contribution in [0.5, 0.6) is 17.2 Å². The Kier molecular flexibility index (Phi) is 6.60. The van der Waals surface area contributed by atoms with Crippen LogP contribution in [-0.2, 0) is 9.59 Å². The zero-order valence-electron chi connectivity index (χ0n) is 15.4. The lowest BCUT2D eigenvalue weighted by molar-refractivity contribution is -0.135. The SMILES string of the molecule is Cc1cc(OCCCC(=O)NNC(=O)C2COc3ccccc3O2)ccc1Cl. The predicted molar refractivity (Wildman–Crippen MR) is 104 cm³/mol. The van der Waals surface area contributed by atoms with E-state index in [4.69, 9.17) is 25.8 Å². The summed E-state index contributed by atoms with van der Waals surface area (Å²) >= 11 is 5.97. The van der Waals surface area contributed by atoms with Crippen LogP contribution in [0.1, 0.15) is 18.4 Å². The molecule has 1 atom stereocenters. The van der Waals surface area contributed by atoms with Crippen LogP contribution in [-0.4, -0.2) is 31.1 Å². The molecule has 1 heterocycles. The number of ether oxygens (including phenoxy) is 3. The molecule has 2 amide bonds. The molecule has 0 bridgehead atoms. The topological polar surface area (TPSA) is 85.9 Å². The van der Waals surface area contributed by atoms with Gasteiger partial charge in [-0.15, -0.1) is 0 Å². The molecule has 0 spiro atoms. The summed E-state index contributed by atoms with van der Waals surface area (Å²) in [7, 11) is 0. The summed E-state index contributed by atoms with van der Waals surface area (Å²) in [5, 5.41) is 0.679. The Labute approximate surface area is 167 Å². The number of hydrazine groups is 1. The highest BCUT2D eigenvalue weighted by Gasteiger charge is 2.27. The smallest absolute Gasteiger partial charge is 0.283 e. The van der Waals surface area contributed by atoms with E-state index in [1.807, 2.05) is 19.1 Å². The van der Waals surface area contributed by atoms with Crippen molar-refractivity contribution in [2.24, 2.45) is 0 Å². The Morgan fingerprint density at radius 1 is 1.18 bits per heavy atom. The van der Waals surface area contributed by atoms with E-state index in [1.54, 1.807) is 30.3 Å². The van der Waals surface area contributed by atoms with E-state index >= 15 is 0 Å². The summed E-state index contributed by atoms with van der Waals surface area (Å²) in [6.07, 6.45) is -0.121. The fourth-order valence-electron chi connectivity index (χ4n) is 2.55. The maximum absolute atomic E-state index is 12.1. The molecule has 0 saturated heterocycles. The molecule has 148 valence electrons. The molecule has 0 saturated carbocycles. The number of aryl methyl sites for hydroxylation is 1. The summed E-state index contributed by atoms with van der Waals surface area (Å²) in [5.41, 5.74) is 5.66. The van der Waals surface area contributed by atoms with Crippen LogP contribution >= 0.6 is 11.6 Å². The Morgan fingerprint density at radius 3 is 2.75 bits per heavy atom. The second kappa shape index (κ2) is 9.32. The zero-order valence-corrected chi connectivity index (χ0v) is 16.1. The van der Waals surface area contributed by atoms with Gasteiger partial charge in [-0.3, -0.25) is 20.4 Å². The van der Waals surface area contributed by atoms with E-state index in [2.05, 4.69) is 10.9 Å². The first-order valence-electron chi connectivity index (χ1n) is 8.89. The molecule has 2 aromatic carbocycles. The summed E-state index contributed by atoms with van der Waals surface area (Å²) in [6.45, 7) is 2.34. The molecule has 2 aromatic rings. The number of benzene rings is 2. The lowest BCUT2D eigenvalue weighted by Crippen LogP contribution is -2.50. The largest absolute Gasteiger partial charge is 0.494 e. The van der Waals surface area contributed by atoms with Gasteiger partial charge in [0.1, 0.15) is 12.4 Å². The van der Waals surface area contributed by atoms with Crippen LogP contribution < -0.4 is 25.1 Å². The van der Waals surface area contributed by atoms with Crippen LogP contribution in [0, 0.1) is 6.92 Å². The molecule has 0 fully saturated rings. The second-order valence-corrected chi connectivity index (χ2v) is 6.67. The van der Waals surface area contributed by atoms with Gasteiger partial charge >= 0.3 is 0 Å². The van der Waals surface area contributed by atoms with Crippen molar-refractivity contribution in [2.45, 2.75) is 25.9 Å². The minimum Gasteiger partial charge on any atom is -0.494 e. The van der Waals surface area contributed by atoms with E-state index in [1.165, 1.54) is 0 Å². The Balaban J connectivity index is 1.34. The highest BCUT2D eigenvalue weighted by Crippen LogP contribution is 2.30. The van der Waals surface area contributed by atoms with Gasteiger partial charge < -0.3 is 14.2 Å². The minimum atomic E-state index is -0.827. The molecule has 0 radical (unpaired) electrons. The van der Waals surface area contributed by atoms with Crippen molar-refractivity contribution in [1.29, 1.82) is 0 Å². The number of carbonyl (C=O) groups excluding carboxylic acids is 2. The van der Waals surface area contributed by atoms with Crippen LogP contribution in [0.2, 0.25) is 5.02 Å². The number of rotatable bonds is 6. The van der Waals surface area contributed by atoms with Gasteiger partial charge in [0.2, 0.25) is 12.0 Å². The molecule has 7 nitrogen and oxygen atoms in total. The molecule has 28 heavy (non-hydrogen) atoms. The van der Waals surface area contributed by atoms with Crippen LogP contribution in [0.25, 0.3) is 0 Å². The van der Waals surface area contributed by atoms with Gasteiger partial charge in [0.15, 0.2) is 11.5 Å². The monoisotopic (exact) mass is 404 g/mol. The van der Waals surface area contributed by atoms with Crippen molar-refractivity contribution in [1.82, 2.24) is 10.9 Å². The molecule has 0 aromatic heterocycles. The zero-order chi connectivity index (χ0) is 19.9. The van der Waals surface area contributed by atoms with Crippen molar-refractivity contribution in [2.75, 3.05) is 13.2 Å². The van der Waals surface area contributed by atoms with Gasteiger partial charge in [-0.2, -0.15) is 0 Å². The predicted octanol–water partition coefficient (Wildman–Crippen LogP) is 2.79. The van der Waals surface area contributed by atoms with Crippen molar-refractivity contribution < 1.29 is 23.8 Å². The van der Waals surface area contributed by atoms with Gasteiger partial charge in [-0.1, -0.05) is 23.7 Å². The average Bonchev–Trinajstić information content (AvgIpc) is 2.71. The average molecular weight is 405 g/mol. The Bertz CT molecular complexity index is 858. The molecule has 2 N–H and O–H groups in total. The molecule has 8 heteroatoms. The standard InChI is InChI=1S/C20H21ClN2O5/c1-13-11-14(8-9-15(13)21)26-10-4-7-19(24)22-23-20(25)18-12-27-16-5-2-3-6-17(16)28-18/h2-3,5-6,8-9,11,18H,4,7,10,12H2,1H3,(H,22,24)(H,23,25). The maximum atomic E-state index is 12.1. The van der Waals surface area contributed by atoms with Crippen molar-refractivity contribution in [3.8, 4) is 17.2 Å². The number of amides is 2. The van der Waals surface area contributed by atoms with Gasteiger partial charge in [0.05, 0.1) is 6.61 Å². The molecule has 1 aliphatic rings. The number of fused-ring (bicyclic) bond motifs is 1. The second-order valence-electron chi connectivity index (χ2n) is 6.26. The summed E-state index contributed by atoms with van der Waals surface area (Å²) in [6, 6.07) is 12.5. The van der Waals surface area contributed by atoms with E-state index < -0.39 is 12.0 Å². The first-order valence-corrected chi connectivity index (χ1v) is 9.27. The van der Waals surface area contributed by atoms with Gasteiger partial charge in [-0.25, -0.2) is 0 Å². The Morgan fingerprint density at radius 2 is 1.96 bits per heavy atom. The first kappa shape index (κ1) is 19.8. The van der Waals surface area contributed by atoms with Crippen molar-refractivity contribution >= 4 is 23.4 Å². The molecule has 1 aliphatic heterocycles. The third-order valence-corrected chi connectivity index (χ3v) is 4.50. The number of halogens is 1. The Hall–Kier alpha value is -2.93. The summed E-state index contributed by atoms with van der Waals surface area (Å²) in [4.78, 5) is 24.0. The van der Waals surface area contributed by atoms with Crippen molar-refractivity contribution in [3.63, 3.8) is 0 Å². The maximum Gasteiger partial charge on any atom is 0.283 e. The molecule has 0 aliphatic carbocycles. The first-order chi connectivity index (χ1) is 13.5. The molecule has 3 rings (SSSR count). The highest BCUT2D eigenvalue weighted by atomic mass is 35.5.